The third-order valence-electron chi connectivity index (χ3n) is 6.54. The minimum Gasteiger partial charge on any atom is -0.489 e. The van der Waals surface area contributed by atoms with Crippen molar-refractivity contribution in [2.75, 3.05) is 12.9 Å². The molecular weight excluding hydrogens is 546 g/mol. The summed E-state index contributed by atoms with van der Waals surface area (Å²) in [6, 6.07) is 18.5. The van der Waals surface area contributed by atoms with Crippen LogP contribution < -0.4 is 10.3 Å². The molecule has 4 aromatic rings. The van der Waals surface area contributed by atoms with E-state index in [0.717, 1.165) is 23.3 Å². The molecule has 0 fully saturated rings. The Balaban J connectivity index is 1.54. The number of carbonyl (C=O) groups excluding carboxylic acids is 1. The van der Waals surface area contributed by atoms with E-state index in [1.165, 1.54) is 47.7 Å². The Morgan fingerprint density at radius 3 is 2.48 bits per heavy atom. The molecule has 5 rings (SSSR count). The maximum Gasteiger partial charge on any atom is 0.416 e. The summed E-state index contributed by atoms with van der Waals surface area (Å²) < 4.78 is 66.0. The van der Waals surface area contributed by atoms with Gasteiger partial charge in [-0.15, -0.1) is 11.8 Å². The largest absolute Gasteiger partial charge is 0.489 e. The molecule has 0 bridgehead atoms. The molecule has 0 saturated heterocycles. The number of aromatic nitrogens is 1. The summed E-state index contributed by atoms with van der Waals surface area (Å²) in [6.45, 7) is 0.213. The van der Waals surface area contributed by atoms with Crippen LogP contribution in [0.4, 0.5) is 17.6 Å². The maximum atomic E-state index is 13.6. The Labute approximate surface area is 231 Å². The predicted octanol–water partition coefficient (Wildman–Crippen LogP) is 6.66. The number of ether oxygens (including phenoxy) is 2. The molecule has 40 heavy (non-hydrogen) atoms. The van der Waals surface area contributed by atoms with Gasteiger partial charge in [0.15, 0.2) is 0 Å². The Bertz CT molecular complexity index is 1620. The van der Waals surface area contributed by atoms with Gasteiger partial charge in [-0.2, -0.15) is 13.2 Å². The molecule has 1 aliphatic heterocycles. The van der Waals surface area contributed by atoms with Crippen LogP contribution in [0.2, 0.25) is 0 Å². The molecule has 5 nitrogen and oxygen atoms in total. The molecular formula is C30H23F4NO4S. The maximum absolute atomic E-state index is 13.6. The van der Waals surface area contributed by atoms with Gasteiger partial charge in [0, 0.05) is 17.4 Å². The fraction of sp³-hybridized carbons (Fsp3) is 0.200. The predicted molar refractivity (Wildman–Crippen MR) is 143 cm³/mol. The smallest absolute Gasteiger partial charge is 0.416 e. The van der Waals surface area contributed by atoms with Crippen LogP contribution in [0.1, 0.15) is 28.3 Å². The Kier molecular flexibility index (Phi) is 7.71. The highest BCUT2D eigenvalue weighted by molar-refractivity contribution is 7.99. The van der Waals surface area contributed by atoms with Crippen LogP contribution in [0, 0.1) is 5.82 Å². The Hall–Kier alpha value is -4.05. The molecule has 0 spiro atoms. The van der Waals surface area contributed by atoms with Crippen molar-refractivity contribution >= 4 is 17.7 Å². The number of hydrogen-bond donors (Lipinski definition) is 0. The number of fused-ring (bicyclic) bond motifs is 1. The van der Waals surface area contributed by atoms with Gasteiger partial charge in [-0.1, -0.05) is 36.4 Å². The average molecular weight is 570 g/mol. The zero-order valence-electron chi connectivity index (χ0n) is 21.2. The molecule has 206 valence electrons. The lowest BCUT2D eigenvalue weighted by molar-refractivity contribution is -0.144. The van der Waals surface area contributed by atoms with Gasteiger partial charge < -0.3 is 9.47 Å². The van der Waals surface area contributed by atoms with E-state index in [4.69, 9.17) is 9.47 Å². The van der Waals surface area contributed by atoms with E-state index < -0.39 is 29.3 Å². The van der Waals surface area contributed by atoms with E-state index in [9.17, 15) is 27.2 Å². The number of alkyl halides is 3. The molecule has 0 N–H and O–H groups in total. The molecule has 10 heteroatoms. The molecule has 1 aromatic heterocycles. The summed E-state index contributed by atoms with van der Waals surface area (Å²) in [7, 11) is 1.23. The fourth-order valence-corrected chi connectivity index (χ4v) is 5.99. The van der Waals surface area contributed by atoms with Crippen LogP contribution in [0.3, 0.4) is 0 Å². The summed E-state index contributed by atoms with van der Waals surface area (Å²) in [5.74, 6) is -0.171. The van der Waals surface area contributed by atoms with E-state index in [-0.39, 0.29) is 30.2 Å². The summed E-state index contributed by atoms with van der Waals surface area (Å²) in [5, 5.41) is 0.418. The van der Waals surface area contributed by atoms with Gasteiger partial charge in [-0.3, -0.25) is 9.36 Å². The van der Waals surface area contributed by atoms with Crippen molar-refractivity contribution in [2.24, 2.45) is 0 Å². The van der Waals surface area contributed by atoms with Crippen LogP contribution >= 0.6 is 11.8 Å². The number of thioether (sulfide) groups is 1. The summed E-state index contributed by atoms with van der Waals surface area (Å²) in [5.41, 5.74) is 1.55. The second kappa shape index (κ2) is 11.2. The number of halogens is 4. The van der Waals surface area contributed by atoms with Gasteiger partial charge in [0.1, 0.15) is 24.2 Å². The van der Waals surface area contributed by atoms with Crippen molar-refractivity contribution in [2.45, 2.75) is 30.3 Å². The summed E-state index contributed by atoms with van der Waals surface area (Å²) in [4.78, 5) is 25.6. The van der Waals surface area contributed by atoms with Crippen LogP contribution in [0.5, 0.6) is 5.75 Å². The van der Waals surface area contributed by atoms with Crippen molar-refractivity contribution in [1.82, 2.24) is 4.57 Å². The molecule has 2 heterocycles. The lowest BCUT2D eigenvalue weighted by Crippen LogP contribution is -2.30. The first-order valence-corrected chi connectivity index (χ1v) is 13.3. The number of nitrogens with zero attached hydrogens (tertiary/aromatic N) is 1. The zero-order chi connectivity index (χ0) is 28.4. The van der Waals surface area contributed by atoms with Crippen molar-refractivity contribution in [3.05, 3.63) is 117 Å². The molecule has 0 amide bonds. The molecule has 3 aromatic carbocycles. The third kappa shape index (κ3) is 5.77. The van der Waals surface area contributed by atoms with E-state index in [2.05, 4.69) is 0 Å². The molecule has 0 aliphatic carbocycles. The number of benzene rings is 3. The monoisotopic (exact) mass is 569 g/mol. The highest BCUT2D eigenvalue weighted by Gasteiger charge is 2.35. The van der Waals surface area contributed by atoms with Crippen molar-refractivity contribution in [3.63, 3.8) is 0 Å². The van der Waals surface area contributed by atoms with E-state index in [1.54, 1.807) is 36.4 Å². The van der Waals surface area contributed by atoms with Gasteiger partial charge >= 0.3 is 12.1 Å². The van der Waals surface area contributed by atoms with Crippen LogP contribution in [-0.4, -0.2) is 23.4 Å². The van der Waals surface area contributed by atoms with Gasteiger partial charge in [0.05, 0.1) is 17.7 Å². The molecule has 0 unspecified atom stereocenters. The fourth-order valence-electron chi connectivity index (χ4n) is 4.64. The molecule has 0 saturated carbocycles. The van der Waals surface area contributed by atoms with E-state index in [1.807, 2.05) is 6.07 Å². The first kappa shape index (κ1) is 27.5. The van der Waals surface area contributed by atoms with Gasteiger partial charge in [0.2, 0.25) is 0 Å². The number of methoxy groups -OCH3 is 1. The highest BCUT2D eigenvalue weighted by atomic mass is 32.2. The van der Waals surface area contributed by atoms with Gasteiger partial charge in [-0.25, -0.2) is 9.18 Å². The van der Waals surface area contributed by atoms with Crippen molar-refractivity contribution in [1.29, 1.82) is 0 Å². The normalized spacial score (nSPS) is 14.6. The molecule has 1 aliphatic rings. The minimum absolute atomic E-state index is 0.213. The summed E-state index contributed by atoms with van der Waals surface area (Å²) in [6.07, 6.45) is -4.32. The Morgan fingerprint density at radius 2 is 1.75 bits per heavy atom. The quantitative estimate of drug-likeness (QED) is 0.184. The van der Waals surface area contributed by atoms with Crippen LogP contribution in [0.15, 0.2) is 88.7 Å². The van der Waals surface area contributed by atoms with E-state index >= 15 is 0 Å². The lowest BCUT2D eigenvalue weighted by atomic mass is 9.95. The second-order valence-corrected chi connectivity index (χ2v) is 10.2. The number of esters is 1. The number of carbonyl (C=O) groups is 1. The Morgan fingerprint density at radius 1 is 1.00 bits per heavy atom. The molecule has 1 atom stereocenters. The average Bonchev–Trinajstić information content (AvgIpc) is 3.38. The van der Waals surface area contributed by atoms with Crippen molar-refractivity contribution in [3.8, 4) is 16.9 Å². The summed E-state index contributed by atoms with van der Waals surface area (Å²) >= 11 is 1.23. The first-order chi connectivity index (χ1) is 19.1. The first-order valence-electron chi connectivity index (χ1n) is 12.3. The third-order valence-corrected chi connectivity index (χ3v) is 7.70. The SMILES string of the molecule is COC(=O)[C@@H]1CSc2c(-c3cccc(C(F)(F)F)c3)c(Cc3cccc(OCc4ccc(F)cc4)c3)cc(=O)n21. The lowest BCUT2D eigenvalue weighted by Gasteiger charge is -2.18. The minimum atomic E-state index is -4.55. The van der Waals surface area contributed by atoms with Gasteiger partial charge in [0.25, 0.3) is 5.56 Å². The van der Waals surface area contributed by atoms with Crippen LogP contribution in [0.25, 0.3) is 11.1 Å². The topological polar surface area (TPSA) is 57.5 Å². The zero-order valence-corrected chi connectivity index (χ0v) is 22.0. The number of pyridine rings is 1. The van der Waals surface area contributed by atoms with Gasteiger partial charge in [-0.05, 0) is 65.1 Å². The van der Waals surface area contributed by atoms with Crippen molar-refractivity contribution < 1.29 is 31.8 Å². The van der Waals surface area contributed by atoms with E-state index in [0.29, 0.717) is 21.9 Å². The second-order valence-electron chi connectivity index (χ2n) is 9.23. The highest BCUT2D eigenvalue weighted by Crippen LogP contribution is 2.43. The number of rotatable bonds is 7. The number of hydrogen-bond acceptors (Lipinski definition) is 5. The molecule has 0 radical (unpaired) electrons. The van der Waals surface area contributed by atoms with Crippen LogP contribution in [-0.2, 0) is 28.7 Å². The standard InChI is InChI=1S/C30H23F4NO4S/c1-38-29(37)25-17-40-28-27(20-5-3-6-22(14-20)30(32,33)34)21(15-26(36)35(25)28)12-19-4-2-7-24(13-19)39-16-18-8-10-23(31)11-9-18/h2-11,13-15,25H,12,16-17H2,1H3/t25-/m0/s1.